The first kappa shape index (κ1) is 21.5. The van der Waals surface area contributed by atoms with Crippen molar-refractivity contribution in [1.82, 2.24) is 4.98 Å². The number of benzene rings is 1. The lowest BCUT2D eigenvalue weighted by molar-refractivity contribution is -0.0557. The third kappa shape index (κ3) is 5.85. The summed E-state index contributed by atoms with van der Waals surface area (Å²) in [5, 5.41) is 19.6. The van der Waals surface area contributed by atoms with Crippen LogP contribution in [0.5, 0.6) is 5.75 Å². The standard InChI is InChI=1S/C19H22FIN2O4/c1-19(2,26)16(24)5-6-27-15-10-23-9-12(17(15)18(22)25)7-11-3-4-13(21)8-14(11)20/h3-4,8-10,16,24,26H,5-7H2,1-2H3,(H2,22,25). The van der Waals surface area contributed by atoms with Crippen LogP contribution >= 0.6 is 22.6 Å². The zero-order valence-corrected chi connectivity index (χ0v) is 17.2. The summed E-state index contributed by atoms with van der Waals surface area (Å²) < 4.78 is 20.5. The molecule has 4 N–H and O–H groups in total. The van der Waals surface area contributed by atoms with E-state index in [2.05, 4.69) is 4.98 Å². The Kier molecular flexibility index (Phi) is 7.12. The molecule has 0 radical (unpaired) electrons. The molecule has 27 heavy (non-hydrogen) atoms. The van der Waals surface area contributed by atoms with E-state index < -0.39 is 17.6 Å². The van der Waals surface area contributed by atoms with Crippen molar-refractivity contribution in [2.24, 2.45) is 5.73 Å². The summed E-state index contributed by atoms with van der Waals surface area (Å²) in [5.74, 6) is -0.929. The van der Waals surface area contributed by atoms with Crippen LogP contribution in [0.1, 0.15) is 41.8 Å². The van der Waals surface area contributed by atoms with Crippen molar-refractivity contribution in [3.05, 3.63) is 56.7 Å². The molecule has 0 fully saturated rings. The van der Waals surface area contributed by atoms with Gasteiger partial charge in [0, 0.05) is 22.6 Å². The van der Waals surface area contributed by atoms with Crippen LogP contribution in [0.3, 0.4) is 0 Å². The Balaban J connectivity index is 2.22. The smallest absolute Gasteiger partial charge is 0.252 e. The fourth-order valence-corrected chi connectivity index (χ4v) is 2.96. The minimum atomic E-state index is -1.27. The number of halogens is 2. The summed E-state index contributed by atoms with van der Waals surface area (Å²) in [6.45, 7) is 3.03. The van der Waals surface area contributed by atoms with Crippen LogP contribution in [-0.2, 0) is 6.42 Å². The number of hydrogen-bond donors (Lipinski definition) is 3. The van der Waals surface area contributed by atoms with Gasteiger partial charge < -0.3 is 20.7 Å². The maximum Gasteiger partial charge on any atom is 0.252 e. The van der Waals surface area contributed by atoms with Gasteiger partial charge in [0.15, 0.2) is 5.75 Å². The molecule has 0 bridgehead atoms. The van der Waals surface area contributed by atoms with Crippen LogP contribution in [0.15, 0.2) is 30.6 Å². The highest BCUT2D eigenvalue weighted by Gasteiger charge is 2.24. The molecule has 1 heterocycles. The number of primary amides is 1. The van der Waals surface area contributed by atoms with Crippen LogP contribution in [-0.4, -0.2) is 39.4 Å². The molecule has 0 saturated carbocycles. The van der Waals surface area contributed by atoms with Gasteiger partial charge in [-0.15, -0.1) is 0 Å². The van der Waals surface area contributed by atoms with E-state index in [0.29, 0.717) is 11.1 Å². The maximum absolute atomic E-state index is 14.1. The normalized spacial score (nSPS) is 12.7. The third-order valence-corrected chi connectivity index (χ3v) is 4.77. The second kappa shape index (κ2) is 8.94. The largest absolute Gasteiger partial charge is 0.491 e. The predicted octanol–water partition coefficient (Wildman–Crippen LogP) is 2.42. The van der Waals surface area contributed by atoms with Crippen molar-refractivity contribution >= 4 is 28.5 Å². The molecular formula is C19H22FIN2O4. The molecule has 6 nitrogen and oxygen atoms in total. The molecule has 8 heteroatoms. The van der Waals surface area contributed by atoms with Crippen LogP contribution in [0, 0.1) is 9.39 Å². The molecular weight excluding hydrogens is 466 g/mol. The van der Waals surface area contributed by atoms with E-state index in [1.54, 1.807) is 12.1 Å². The summed E-state index contributed by atoms with van der Waals surface area (Å²) in [5.41, 5.74) is 5.22. The molecule has 1 amide bonds. The molecule has 2 rings (SSSR count). The highest BCUT2D eigenvalue weighted by atomic mass is 127. The fourth-order valence-electron chi connectivity index (χ4n) is 2.51. The number of nitrogens with two attached hydrogens (primary N) is 1. The summed E-state index contributed by atoms with van der Waals surface area (Å²) in [6, 6.07) is 4.83. The second-order valence-electron chi connectivity index (χ2n) is 6.76. The quantitative estimate of drug-likeness (QED) is 0.495. The number of hydrogen-bond acceptors (Lipinski definition) is 5. The minimum Gasteiger partial charge on any atom is -0.491 e. The van der Waals surface area contributed by atoms with Crippen molar-refractivity contribution in [2.75, 3.05) is 6.61 Å². The Morgan fingerprint density at radius 1 is 1.37 bits per heavy atom. The van der Waals surface area contributed by atoms with E-state index in [-0.39, 0.29) is 36.6 Å². The minimum absolute atomic E-state index is 0.0501. The molecule has 0 spiro atoms. The van der Waals surface area contributed by atoms with Crippen molar-refractivity contribution in [3.63, 3.8) is 0 Å². The molecule has 1 unspecified atom stereocenters. The summed E-state index contributed by atoms with van der Waals surface area (Å²) in [6.07, 6.45) is 2.10. The number of ether oxygens (including phenoxy) is 1. The first-order valence-corrected chi connectivity index (χ1v) is 9.41. The molecule has 0 aliphatic heterocycles. The lowest BCUT2D eigenvalue weighted by atomic mass is 9.99. The van der Waals surface area contributed by atoms with Gasteiger partial charge in [-0.05, 0) is 59.7 Å². The Morgan fingerprint density at radius 2 is 2.07 bits per heavy atom. The first-order valence-electron chi connectivity index (χ1n) is 8.33. The van der Waals surface area contributed by atoms with Gasteiger partial charge in [-0.25, -0.2) is 4.39 Å². The predicted molar refractivity (Wildman–Crippen MR) is 107 cm³/mol. The fraction of sp³-hybridized carbons (Fsp3) is 0.368. The molecule has 0 aliphatic carbocycles. The van der Waals surface area contributed by atoms with Gasteiger partial charge in [0.1, 0.15) is 5.82 Å². The number of pyridine rings is 1. The van der Waals surface area contributed by atoms with Gasteiger partial charge in [-0.2, -0.15) is 0 Å². The molecule has 1 atom stereocenters. The lowest BCUT2D eigenvalue weighted by Gasteiger charge is -2.24. The summed E-state index contributed by atoms with van der Waals surface area (Å²) in [4.78, 5) is 16.0. The summed E-state index contributed by atoms with van der Waals surface area (Å²) >= 11 is 2.02. The Hall–Kier alpha value is -1.78. The van der Waals surface area contributed by atoms with E-state index in [1.807, 2.05) is 22.6 Å². The molecule has 1 aromatic heterocycles. The zero-order chi connectivity index (χ0) is 20.2. The monoisotopic (exact) mass is 488 g/mol. The van der Waals surface area contributed by atoms with Crippen LogP contribution < -0.4 is 10.5 Å². The molecule has 0 saturated heterocycles. The van der Waals surface area contributed by atoms with Gasteiger partial charge in [0.05, 0.1) is 30.1 Å². The molecule has 2 aromatic rings. The molecule has 146 valence electrons. The highest BCUT2D eigenvalue weighted by Crippen LogP contribution is 2.25. The lowest BCUT2D eigenvalue weighted by Crippen LogP contribution is -2.36. The number of nitrogens with zero attached hydrogens (tertiary/aromatic N) is 1. The highest BCUT2D eigenvalue weighted by molar-refractivity contribution is 14.1. The van der Waals surface area contributed by atoms with E-state index >= 15 is 0 Å². The number of amides is 1. The van der Waals surface area contributed by atoms with Gasteiger partial charge >= 0.3 is 0 Å². The number of aliphatic hydroxyl groups is 2. The van der Waals surface area contributed by atoms with Crippen molar-refractivity contribution in [3.8, 4) is 5.75 Å². The number of rotatable bonds is 8. The van der Waals surface area contributed by atoms with E-state index in [9.17, 15) is 19.4 Å². The molecule has 1 aromatic carbocycles. The topological polar surface area (TPSA) is 106 Å². The third-order valence-electron chi connectivity index (χ3n) is 4.10. The van der Waals surface area contributed by atoms with E-state index in [1.165, 1.54) is 32.3 Å². The maximum atomic E-state index is 14.1. The van der Waals surface area contributed by atoms with Crippen LogP contribution in [0.2, 0.25) is 0 Å². The van der Waals surface area contributed by atoms with E-state index in [0.717, 1.165) is 3.57 Å². The SMILES string of the molecule is CC(C)(O)C(O)CCOc1cncc(Cc2ccc(I)cc2F)c1C(N)=O. The van der Waals surface area contributed by atoms with Crippen molar-refractivity contribution < 1.29 is 24.1 Å². The van der Waals surface area contributed by atoms with Crippen LogP contribution in [0.4, 0.5) is 4.39 Å². The number of aliphatic hydroxyl groups excluding tert-OH is 1. The van der Waals surface area contributed by atoms with Crippen LogP contribution in [0.25, 0.3) is 0 Å². The second-order valence-corrected chi connectivity index (χ2v) is 8.00. The van der Waals surface area contributed by atoms with Gasteiger partial charge in [-0.3, -0.25) is 9.78 Å². The van der Waals surface area contributed by atoms with Gasteiger partial charge in [0.2, 0.25) is 0 Å². The average molecular weight is 488 g/mol. The number of carbonyl (C=O) groups excluding carboxylic acids is 1. The van der Waals surface area contributed by atoms with Crippen molar-refractivity contribution in [1.29, 1.82) is 0 Å². The van der Waals surface area contributed by atoms with Crippen molar-refractivity contribution in [2.45, 2.75) is 38.4 Å². The Bertz CT molecular complexity index is 824. The Morgan fingerprint density at radius 3 is 2.67 bits per heavy atom. The first-order chi connectivity index (χ1) is 12.6. The number of carbonyl (C=O) groups is 1. The van der Waals surface area contributed by atoms with E-state index in [4.69, 9.17) is 10.5 Å². The molecule has 0 aliphatic rings. The Labute approximate surface area is 170 Å². The average Bonchev–Trinajstić information content (AvgIpc) is 2.56. The van der Waals surface area contributed by atoms with Gasteiger partial charge in [-0.1, -0.05) is 6.07 Å². The zero-order valence-electron chi connectivity index (χ0n) is 15.1. The summed E-state index contributed by atoms with van der Waals surface area (Å²) in [7, 11) is 0. The van der Waals surface area contributed by atoms with Gasteiger partial charge in [0.25, 0.3) is 5.91 Å². The number of aromatic nitrogens is 1.